The van der Waals surface area contributed by atoms with Crippen LogP contribution in [0.2, 0.25) is 5.02 Å². The molecule has 1 amide bonds. The predicted octanol–water partition coefficient (Wildman–Crippen LogP) is 2.55. The van der Waals surface area contributed by atoms with E-state index >= 15 is 0 Å². The fourth-order valence-corrected chi connectivity index (χ4v) is 2.38. The lowest BCUT2D eigenvalue weighted by molar-refractivity contribution is -0.121. The molecular formula is C17H20ClN3O. The van der Waals surface area contributed by atoms with Gasteiger partial charge in [0.25, 0.3) is 0 Å². The zero-order valence-corrected chi connectivity index (χ0v) is 13.0. The van der Waals surface area contributed by atoms with Crippen LogP contribution in [-0.2, 0) is 17.8 Å². The Kier molecular flexibility index (Phi) is 5.81. The Balaban J connectivity index is 1.94. The maximum Gasteiger partial charge on any atom is 0.222 e. The summed E-state index contributed by atoms with van der Waals surface area (Å²) in [5, 5.41) is 4.07. The molecule has 0 aliphatic heterocycles. The zero-order valence-electron chi connectivity index (χ0n) is 12.3. The largest absolute Gasteiger partial charge is 0.381 e. The van der Waals surface area contributed by atoms with E-state index in [-0.39, 0.29) is 18.4 Å². The Labute approximate surface area is 135 Å². The summed E-state index contributed by atoms with van der Waals surface area (Å²) in [4.78, 5) is 11.2. The van der Waals surface area contributed by atoms with Crippen molar-refractivity contribution in [2.45, 2.75) is 13.0 Å². The molecule has 0 aromatic heterocycles. The van der Waals surface area contributed by atoms with Gasteiger partial charge in [0.15, 0.2) is 0 Å². The normalized spacial score (nSPS) is 11.9. The minimum absolute atomic E-state index is 0.266. The lowest BCUT2D eigenvalue weighted by Crippen LogP contribution is -2.31. The van der Waals surface area contributed by atoms with Crippen LogP contribution in [0.1, 0.15) is 11.1 Å². The minimum Gasteiger partial charge on any atom is -0.381 e. The van der Waals surface area contributed by atoms with Crippen molar-refractivity contribution in [1.29, 1.82) is 0 Å². The van der Waals surface area contributed by atoms with E-state index < -0.39 is 0 Å². The van der Waals surface area contributed by atoms with E-state index in [1.165, 1.54) is 0 Å². The molecule has 5 N–H and O–H groups in total. The van der Waals surface area contributed by atoms with Crippen LogP contribution in [-0.4, -0.2) is 12.5 Å². The molecule has 5 heteroatoms. The van der Waals surface area contributed by atoms with Gasteiger partial charge in [-0.1, -0.05) is 41.9 Å². The van der Waals surface area contributed by atoms with Crippen molar-refractivity contribution < 1.29 is 4.79 Å². The number of hydrogen-bond acceptors (Lipinski definition) is 3. The monoisotopic (exact) mass is 317 g/mol. The van der Waals surface area contributed by atoms with E-state index in [9.17, 15) is 4.79 Å². The van der Waals surface area contributed by atoms with E-state index in [4.69, 9.17) is 23.1 Å². The Bertz CT molecular complexity index is 628. The molecule has 0 spiro atoms. The van der Waals surface area contributed by atoms with Crippen molar-refractivity contribution in [3.8, 4) is 0 Å². The predicted molar refractivity (Wildman–Crippen MR) is 90.7 cm³/mol. The highest BCUT2D eigenvalue weighted by Gasteiger charge is 2.13. The quantitative estimate of drug-likeness (QED) is 0.734. The van der Waals surface area contributed by atoms with E-state index in [0.29, 0.717) is 13.0 Å². The highest BCUT2D eigenvalue weighted by atomic mass is 35.5. The van der Waals surface area contributed by atoms with Gasteiger partial charge in [0.1, 0.15) is 0 Å². The van der Waals surface area contributed by atoms with Gasteiger partial charge in [-0.2, -0.15) is 0 Å². The number of hydrogen-bond donors (Lipinski definition) is 3. The first-order valence-electron chi connectivity index (χ1n) is 7.15. The number of amides is 1. The molecule has 0 aliphatic carbocycles. The fraction of sp³-hybridized carbons (Fsp3) is 0.235. The zero-order chi connectivity index (χ0) is 15.9. The summed E-state index contributed by atoms with van der Waals surface area (Å²) in [5.74, 6) is -0.676. The van der Waals surface area contributed by atoms with E-state index in [1.807, 2.05) is 48.5 Å². The molecule has 1 atom stereocenters. The summed E-state index contributed by atoms with van der Waals surface area (Å²) in [7, 11) is 0. The third-order valence-electron chi connectivity index (χ3n) is 3.56. The van der Waals surface area contributed by atoms with Gasteiger partial charge in [0, 0.05) is 23.8 Å². The Morgan fingerprint density at radius 3 is 2.41 bits per heavy atom. The average molecular weight is 318 g/mol. The number of nitrogens with two attached hydrogens (primary N) is 2. The summed E-state index contributed by atoms with van der Waals surface area (Å²) < 4.78 is 0. The molecular weight excluding hydrogens is 298 g/mol. The molecule has 0 saturated heterocycles. The van der Waals surface area contributed by atoms with Gasteiger partial charge in [-0.15, -0.1) is 0 Å². The van der Waals surface area contributed by atoms with Crippen molar-refractivity contribution in [3.05, 3.63) is 64.7 Å². The molecule has 0 aliphatic rings. The van der Waals surface area contributed by atoms with Crippen LogP contribution in [0.3, 0.4) is 0 Å². The van der Waals surface area contributed by atoms with Crippen molar-refractivity contribution in [1.82, 2.24) is 0 Å². The number of benzene rings is 2. The third-order valence-corrected chi connectivity index (χ3v) is 3.93. The van der Waals surface area contributed by atoms with Gasteiger partial charge in [0.2, 0.25) is 5.91 Å². The van der Waals surface area contributed by atoms with Gasteiger partial charge in [0.05, 0.1) is 5.92 Å². The Hall–Kier alpha value is -2.04. The number of carbonyl (C=O) groups is 1. The molecule has 4 nitrogen and oxygen atoms in total. The smallest absolute Gasteiger partial charge is 0.222 e. The van der Waals surface area contributed by atoms with E-state index in [1.54, 1.807) is 0 Å². The van der Waals surface area contributed by atoms with Crippen molar-refractivity contribution >= 4 is 23.2 Å². The molecule has 116 valence electrons. The van der Waals surface area contributed by atoms with Gasteiger partial charge in [-0.3, -0.25) is 4.79 Å². The molecule has 0 heterocycles. The molecule has 1 unspecified atom stereocenters. The lowest BCUT2D eigenvalue weighted by Gasteiger charge is -2.12. The SMILES string of the molecule is NCC(Cc1ccc(NCc2ccccc2Cl)cc1)C(N)=O. The Morgan fingerprint density at radius 2 is 1.82 bits per heavy atom. The van der Waals surface area contributed by atoms with E-state index in [2.05, 4.69) is 5.32 Å². The van der Waals surface area contributed by atoms with E-state index in [0.717, 1.165) is 21.8 Å². The van der Waals surface area contributed by atoms with Crippen molar-refractivity contribution in [2.75, 3.05) is 11.9 Å². The van der Waals surface area contributed by atoms with Crippen LogP contribution < -0.4 is 16.8 Å². The van der Waals surface area contributed by atoms with Gasteiger partial charge >= 0.3 is 0 Å². The van der Waals surface area contributed by atoms with Gasteiger partial charge < -0.3 is 16.8 Å². The summed E-state index contributed by atoms with van der Waals surface area (Å²) in [6.45, 7) is 0.924. The van der Waals surface area contributed by atoms with Crippen LogP contribution in [0, 0.1) is 5.92 Å². The van der Waals surface area contributed by atoms with Crippen molar-refractivity contribution in [2.24, 2.45) is 17.4 Å². The van der Waals surface area contributed by atoms with Crippen LogP contribution in [0.15, 0.2) is 48.5 Å². The summed E-state index contributed by atoms with van der Waals surface area (Å²) in [6.07, 6.45) is 0.566. The summed E-state index contributed by atoms with van der Waals surface area (Å²) in [6, 6.07) is 15.6. The second kappa shape index (κ2) is 7.82. The van der Waals surface area contributed by atoms with Crippen LogP contribution in [0.5, 0.6) is 0 Å². The number of rotatable bonds is 7. The maximum atomic E-state index is 11.2. The average Bonchev–Trinajstić information content (AvgIpc) is 2.52. The third kappa shape index (κ3) is 4.48. The molecule has 2 rings (SSSR count). The number of halogens is 1. The molecule has 0 radical (unpaired) electrons. The molecule has 0 fully saturated rings. The first kappa shape index (κ1) is 16.3. The summed E-state index contributed by atoms with van der Waals surface area (Å²) >= 11 is 6.12. The van der Waals surface area contributed by atoms with Crippen LogP contribution in [0.25, 0.3) is 0 Å². The molecule has 2 aromatic rings. The second-order valence-corrected chi connectivity index (χ2v) is 5.59. The molecule has 2 aromatic carbocycles. The van der Waals surface area contributed by atoms with Gasteiger partial charge in [-0.05, 0) is 35.7 Å². The number of nitrogens with one attached hydrogen (secondary N) is 1. The first-order chi connectivity index (χ1) is 10.6. The van der Waals surface area contributed by atoms with Crippen molar-refractivity contribution in [3.63, 3.8) is 0 Å². The standard InChI is InChI=1S/C17H20ClN3O/c18-16-4-2-1-3-13(16)11-21-15-7-5-12(6-8-15)9-14(10-19)17(20)22/h1-8,14,21H,9-11,19H2,(H2,20,22). The highest BCUT2D eigenvalue weighted by molar-refractivity contribution is 6.31. The van der Waals surface area contributed by atoms with Crippen LogP contribution >= 0.6 is 11.6 Å². The number of anilines is 1. The van der Waals surface area contributed by atoms with Crippen LogP contribution in [0.4, 0.5) is 5.69 Å². The topological polar surface area (TPSA) is 81.1 Å². The highest BCUT2D eigenvalue weighted by Crippen LogP contribution is 2.18. The molecule has 0 bridgehead atoms. The Morgan fingerprint density at radius 1 is 1.14 bits per heavy atom. The molecule has 22 heavy (non-hydrogen) atoms. The second-order valence-electron chi connectivity index (χ2n) is 5.18. The number of carbonyl (C=O) groups excluding carboxylic acids is 1. The fourth-order valence-electron chi connectivity index (χ4n) is 2.18. The van der Waals surface area contributed by atoms with Gasteiger partial charge in [-0.25, -0.2) is 0 Å². The summed E-state index contributed by atoms with van der Waals surface area (Å²) in [5.41, 5.74) is 13.9. The molecule has 0 saturated carbocycles. The first-order valence-corrected chi connectivity index (χ1v) is 7.53. The lowest BCUT2D eigenvalue weighted by atomic mass is 9.99. The number of primary amides is 1. The maximum absolute atomic E-state index is 11.2. The minimum atomic E-state index is -0.358.